The number of hydrogen-bond donors (Lipinski definition) is 3. The molecule has 7 heteroatoms. The summed E-state index contributed by atoms with van der Waals surface area (Å²) in [5.74, 6) is 0.729. The molecule has 4 N–H and O–H groups in total. The molecule has 0 aliphatic heterocycles. The minimum Gasteiger partial charge on any atom is -0.375 e. The maximum Gasteiger partial charge on any atom is 0.230 e. The number of fused-ring (bicyclic) bond motifs is 1. The summed E-state index contributed by atoms with van der Waals surface area (Å²) in [5.41, 5.74) is 8.73. The lowest BCUT2D eigenvalue weighted by molar-refractivity contribution is -0.115. The average Bonchev–Trinajstić information content (AvgIpc) is 2.93. The first kappa shape index (κ1) is 12.6. The van der Waals surface area contributed by atoms with Crippen molar-refractivity contribution in [2.24, 2.45) is 0 Å². The van der Waals surface area contributed by atoms with E-state index in [2.05, 4.69) is 20.3 Å². The fraction of sp³-hybridized carbons (Fsp3) is 0.154. The zero-order valence-corrected chi connectivity index (χ0v) is 11.6. The van der Waals surface area contributed by atoms with E-state index in [0.29, 0.717) is 10.8 Å². The van der Waals surface area contributed by atoms with E-state index in [9.17, 15) is 4.79 Å². The van der Waals surface area contributed by atoms with Crippen molar-refractivity contribution in [3.05, 3.63) is 35.1 Å². The van der Waals surface area contributed by atoms with Crippen LogP contribution in [0.3, 0.4) is 0 Å². The zero-order chi connectivity index (χ0) is 14.1. The van der Waals surface area contributed by atoms with E-state index in [1.807, 2.05) is 25.1 Å². The van der Waals surface area contributed by atoms with Crippen LogP contribution in [0.25, 0.3) is 11.0 Å². The van der Waals surface area contributed by atoms with E-state index in [-0.39, 0.29) is 12.3 Å². The van der Waals surface area contributed by atoms with E-state index in [1.165, 1.54) is 11.3 Å². The monoisotopic (exact) mass is 287 g/mol. The molecule has 0 aliphatic carbocycles. The number of nitrogen functional groups attached to an aromatic ring is 1. The molecule has 0 saturated carbocycles. The van der Waals surface area contributed by atoms with Crippen molar-refractivity contribution in [2.75, 3.05) is 11.1 Å². The van der Waals surface area contributed by atoms with Crippen LogP contribution in [0.15, 0.2) is 23.6 Å². The van der Waals surface area contributed by atoms with Gasteiger partial charge in [0.2, 0.25) is 5.91 Å². The van der Waals surface area contributed by atoms with E-state index >= 15 is 0 Å². The Morgan fingerprint density at radius 2 is 2.30 bits per heavy atom. The highest BCUT2D eigenvalue weighted by Crippen LogP contribution is 2.18. The Bertz CT molecular complexity index is 776. The normalized spacial score (nSPS) is 10.8. The number of thiazole rings is 1. The van der Waals surface area contributed by atoms with Gasteiger partial charge in [-0.05, 0) is 25.1 Å². The Kier molecular flexibility index (Phi) is 3.11. The number of rotatable bonds is 3. The van der Waals surface area contributed by atoms with Crippen LogP contribution < -0.4 is 11.1 Å². The number of aryl methyl sites for hydroxylation is 1. The summed E-state index contributed by atoms with van der Waals surface area (Å²) in [7, 11) is 0. The van der Waals surface area contributed by atoms with Crippen LogP contribution in [0.5, 0.6) is 0 Å². The van der Waals surface area contributed by atoms with Crippen LogP contribution in [0.1, 0.15) is 11.5 Å². The van der Waals surface area contributed by atoms with Gasteiger partial charge in [0.15, 0.2) is 5.13 Å². The Balaban J connectivity index is 1.73. The minimum absolute atomic E-state index is 0.120. The predicted octanol–water partition coefficient (Wildman–Crippen LogP) is 2.09. The summed E-state index contributed by atoms with van der Waals surface area (Å²) in [6.07, 6.45) is 0.216. The second kappa shape index (κ2) is 4.93. The molecule has 3 rings (SSSR count). The van der Waals surface area contributed by atoms with Gasteiger partial charge >= 0.3 is 0 Å². The summed E-state index contributed by atoms with van der Waals surface area (Å²) < 4.78 is 0. The van der Waals surface area contributed by atoms with Crippen LogP contribution in [-0.2, 0) is 11.2 Å². The topological polar surface area (TPSA) is 96.7 Å². The van der Waals surface area contributed by atoms with E-state index < -0.39 is 0 Å². The second-order valence-corrected chi connectivity index (χ2v) is 5.35. The van der Waals surface area contributed by atoms with Crippen molar-refractivity contribution < 1.29 is 4.79 Å². The molecule has 0 bridgehead atoms. The molecule has 0 aliphatic rings. The third kappa shape index (κ3) is 2.62. The number of anilines is 2. The molecule has 1 amide bonds. The highest BCUT2D eigenvalue weighted by atomic mass is 32.1. The van der Waals surface area contributed by atoms with Crippen LogP contribution in [0, 0.1) is 6.92 Å². The number of nitrogens with two attached hydrogens (primary N) is 1. The number of amides is 1. The molecular formula is C13H13N5OS. The number of aromatic nitrogens is 3. The predicted molar refractivity (Wildman–Crippen MR) is 79.7 cm³/mol. The molecule has 2 aromatic heterocycles. The number of aromatic amines is 1. The SMILES string of the molecule is Cc1nc2ccc(NC(=O)Cc3csc(N)n3)cc2[nH]1. The van der Waals surface area contributed by atoms with Crippen molar-refractivity contribution in [3.63, 3.8) is 0 Å². The third-order valence-corrected chi connectivity index (χ3v) is 3.52. The second-order valence-electron chi connectivity index (χ2n) is 4.46. The van der Waals surface area contributed by atoms with Gasteiger partial charge in [-0.2, -0.15) is 0 Å². The highest BCUT2D eigenvalue weighted by Gasteiger charge is 2.08. The lowest BCUT2D eigenvalue weighted by atomic mass is 10.2. The molecule has 0 fully saturated rings. The highest BCUT2D eigenvalue weighted by molar-refractivity contribution is 7.13. The Morgan fingerprint density at radius 1 is 1.45 bits per heavy atom. The molecule has 1 aromatic carbocycles. The lowest BCUT2D eigenvalue weighted by Gasteiger charge is -2.03. The smallest absolute Gasteiger partial charge is 0.230 e. The van der Waals surface area contributed by atoms with Gasteiger partial charge < -0.3 is 16.0 Å². The van der Waals surface area contributed by atoms with Gasteiger partial charge in [-0.25, -0.2) is 9.97 Å². The first-order chi connectivity index (χ1) is 9.60. The standard InChI is InChI=1S/C13H13N5OS/c1-7-15-10-3-2-8(4-11(10)16-7)17-12(19)5-9-6-20-13(14)18-9/h2-4,6H,5H2,1H3,(H2,14,18)(H,15,16)(H,17,19). The van der Waals surface area contributed by atoms with Gasteiger partial charge in [0.25, 0.3) is 0 Å². The molecule has 3 aromatic rings. The molecule has 0 unspecified atom stereocenters. The number of carbonyl (C=O) groups excluding carboxylic acids is 1. The third-order valence-electron chi connectivity index (χ3n) is 2.80. The quantitative estimate of drug-likeness (QED) is 0.687. The fourth-order valence-corrected chi connectivity index (χ4v) is 2.55. The van der Waals surface area contributed by atoms with Crippen molar-refractivity contribution in [2.45, 2.75) is 13.3 Å². The largest absolute Gasteiger partial charge is 0.375 e. The van der Waals surface area contributed by atoms with Crippen LogP contribution >= 0.6 is 11.3 Å². The Morgan fingerprint density at radius 3 is 3.05 bits per heavy atom. The van der Waals surface area contributed by atoms with Crippen LogP contribution in [-0.4, -0.2) is 20.9 Å². The Hall–Kier alpha value is -2.41. The first-order valence-electron chi connectivity index (χ1n) is 6.06. The van der Waals surface area contributed by atoms with E-state index in [1.54, 1.807) is 5.38 Å². The molecular weight excluding hydrogens is 274 g/mol. The average molecular weight is 287 g/mol. The molecule has 6 nitrogen and oxygen atoms in total. The number of nitrogens with zero attached hydrogens (tertiary/aromatic N) is 2. The van der Waals surface area contributed by atoms with Crippen molar-refractivity contribution in [3.8, 4) is 0 Å². The van der Waals surface area contributed by atoms with Gasteiger partial charge in [-0.3, -0.25) is 4.79 Å². The number of benzene rings is 1. The number of carbonyl (C=O) groups is 1. The van der Waals surface area contributed by atoms with Gasteiger partial charge in [-0.15, -0.1) is 11.3 Å². The molecule has 0 saturated heterocycles. The van der Waals surface area contributed by atoms with Crippen molar-refractivity contribution in [1.29, 1.82) is 0 Å². The van der Waals surface area contributed by atoms with Gasteiger partial charge in [0.1, 0.15) is 5.82 Å². The molecule has 0 radical (unpaired) electrons. The number of nitrogens with one attached hydrogen (secondary N) is 2. The maximum atomic E-state index is 11.9. The summed E-state index contributed by atoms with van der Waals surface area (Å²) in [5, 5.41) is 5.10. The van der Waals surface area contributed by atoms with Crippen LogP contribution in [0.2, 0.25) is 0 Å². The zero-order valence-electron chi connectivity index (χ0n) is 10.8. The van der Waals surface area contributed by atoms with Gasteiger partial charge in [0, 0.05) is 11.1 Å². The minimum atomic E-state index is -0.120. The van der Waals surface area contributed by atoms with Crippen molar-refractivity contribution in [1.82, 2.24) is 15.0 Å². The lowest BCUT2D eigenvalue weighted by Crippen LogP contribution is -2.14. The summed E-state index contributed by atoms with van der Waals surface area (Å²) in [6, 6.07) is 5.56. The van der Waals surface area contributed by atoms with Gasteiger partial charge in [0.05, 0.1) is 23.1 Å². The molecule has 2 heterocycles. The van der Waals surface area contributed by atoms with Crippen molar-refractivity contribution >= 4 is 39.1 Å². The fourth-order valence-electron chi connectivity index (χ4n) is 1.99. The molecule has 0 atom stereocenters. The number of imidazole rings is 1. The number of H-pyrrole nitrogens is 1. The van der Waals surface area contributed by atoms with Crippen LogP contribution in [0.4, 0.5) is 10.8 Å². The molecule has 0 spiro atoms. The number of hydrogen-bond acceptors (Lipinski definition) is 5. The van der Waals surface area contributed by atoms with E-state index in [0.717, 1.165) is 22.5 Å². The maximum absolute atomic E-state index is 11.9. The Labute approximate surface area is 119 Å². The summed E-state index contributed by atoms with van der Waals surface area (Å²) in [4.78, 5) is 23.4. The molecule has 20 heavy (non-hydrogen) atoms. The first-order valence-corrected chi connectivity index (χ1v) is 6.94. The summed E-state index contributed by atoms with van der Waals surface area (Å²) in [6.45, 7) is 1.89. The van der Waals surface area contributed by atoms with E-state index in [4.69, 9.17) is 5.73 Å². The molecule has 102 valence electrons. The van der Waals surface area contributed by atoms with Gasteiger partial charge in [-0.1, -0.05) is 0 Å². The summed E-state index contributed by atoms with van der Waals surface area (Å²) >= 11 is 1.33.